The summed E-state index contributed by atoms with van der Waals surface area (Å²) in [6.45, 7) is 0. The maximum absolute atomic E-state index is 5.87. The fourth-order valence-electron chi connectivity index (χ4n) is 2.16. The highest BCUT2D eigenvalue weighted by atomic mass is 35.5. The van der Waals surface area contributed by atoms with Gasteiger partial charge < -0.3 is 13.5 Å². The van der Waals surface area contributed by atoms with Gasteiger partial charge in [0.05, 0.1) is 12.0 Å². The molecular formula is C15H11ClN6O2S. The molecule has 10 heteroatoms. The zero-order valence-electron chi connectivity index (χ0n) is 13.0. The normalized spacial score (nSPS) is 11.1. The van der Waals surface area contributed by atoms with Gasteiger partial charge in [-0.2, -0.15) is 4.98 Å². The van der Waals surface area contributed by atoms with Crippen LogP contribution in [0.4, 0.5) is 0 Å². The van der Waals surface area contributed by atoms with Crippen LogP contribution >= 0.6 is 23.4 Å². The second-order valence-electron chi connectivity index (χ2n) is 5.01. The van der Waals surface area contributed by atoms with Gasteiger partial charge in [-0.15, -0.1) is 10.2 Å². The van der Waals surface area contributed by atoms with Gasteiger partial charge in [0.1, 0.15) is 5.15 Å². The van der Waals surface area contributed by atoms with Crippen molar-refractivity contribution in [2.45, 2.75) is 10.9 Å². The third-order valence-electron chi connectivity index (χ3n) is 3.35. The zero-order chi connectivity index (χ0) is 17.2. The summed E-state index contributed by atoms with van der Waals surface area (Å²) in [6, 6.07) is 7.08. The number of thioether (sulfide) groups is 1. The van der Waals surface area contributed by atoms with Crippen LogP contribution < -0.4 is 0 Å². The fourth-order valence-corrected chi connectivity index (χ4v) is 3.08. The van der Waals surface area contributed by atoms with Gasteiger partial charge in [0.2, 0.25) is 0 Å². The Bertz CT molecular complexity index is 997. The van der Waals surface area contributed by atoms with Crippen molar-refractivity contribution < 1.29 is 8.94 Å². The Balaban J connectivity index is 1.48. The largest absolute Gasteiger partial charge is 0.461 e. The van der Waals surface area contributed by atoms with E-state index in [1.54, 1.807) is 24.6 Å². The molecule has 0 amide bonds. The molecule has 0 saturated carbocycles. The van der Waals surface area contributed by atoms with E-state index in [4.69, 9.17) is 20.5 Å². The number of pyridine rings is 1. The highest BCUT2D eigenvalue weighted by molar-refractivity contribution is 7.98. The van der Waals surface area contributed by atoms with Crippen molar-refractivity contribution in [2.75, 3.05) is 0 Å². The smallest absolute Gasteiger partial charge is 0.258 e. The molecule has 0 spiro atoms. The second kappa shape index (κ2) is 6.69. The predicted octanol–water partition coefficient (Wildman–Crippen LogP) is 3.47. The van der Waals surface area contributed by atoms with E-state index in [2.05, 4.69) is 25.3 Å². The molecule has 0 unspecified atom stereocenters. The molecule has 0 aliphatic rings. The van der Waals surface area contributed by atoms with E-state index in [0.717, 1.165) is 10.7 Å². The minimum Gasteiger partial charge on any atom is -0.461 e. The van der Waals surface area contributed by atoms with Crippen LogP contribution in [-0.2, 0) is 12.8 Å². The molecule has 4 aromatic heterocycles. The van der Waals surface area contributed by atoms with Crippen molar-refractivity contribution in [3.05, 3.63) is 47.7 Å². The van der Waals surface area contributed by atoms with Crippen molar-refractivity contribution in [1.29, 1.82) is 0 Å². The van der Waals surface area contributed by atoms with Crippen LogP contribution in [0, 0.1) is 0 Å². The summed E-state index contributed by atoms with van der Waals surface area (Å²) in [5, 5.41) is 13.4. The van der Waals surface area contributed by atoms with Crippen molar-refractivity contribution in [1.82, 2.24) is 29.9 Å². The first kappa shape index (κ1) is 15.9. The molecule has 0 bridgehead atoms. The Morgan fingerprint density at radius 2 is 2.20 bits per heavy atom. The SMILES string of the molecule is Cn1c(SCc2noc(-c3ccnc(Cl)c3)n2)nnc1-c1ccco1. The highest BCUT2D eigenvalue weighted by Gasteiger charge is 2.15. The number of furan rings is 1. The molecule has 0 fully saturated rings. The van der Waals surface area contributed by atoms with Crippen LogP contribution in [0.1, 0.15) is 5.82 Å². The quantitative estimate of drug-likeness (QED) is 0.387. The maximum Gasteiger partial charge on any atom is 0.258 e. The molecule has 0 aromatic carbocycles. The number of aromatic nitrogens is 6. The van der Waals surface area contributed by atoms with E-state index in [1.807, 2.05) is 23.7 Å². The monoisotopic (exact) mass is 374 g/mol. The van der Waals surface area contributed by atoms with Crippen LogP contribution in [-0.4, -0.2) is 29.9 Å². The molecule has 4 rings (SSSR count). The van der Waals surface area contributed by atoms with E-state index < -0.39 is 0 Å². The van der Waals surface area contributed by atoms with Gasteiger partial charge in [-0.3, -0.25) is 0 Å². The Kier molecular flexibility index (Phi) is 4.24. The van der Waals surface area contributed by atoms with Gasteiger partial charge in [-0.05, 0) is 24.3 Å². The first-order chi connectivity index (χ1) is 12.2. The summed E-state index contributed by atoms with van der Waals surface area (Å²) < 4.78 is 12.5. The second-order valence-corrected chi connectivity index (χ2v) is 6.34. The predicted molar refractivity (Wildman–Crippen MR) is 90.8 cm³/mol. The minimum absolute atomic E-state index is 0.371. The lowest BCUT2D eigenvalue weighted by molar-refractivity contribution is 0.425. The van der Waals surface area contributed by atoms with Crippen LogP contribution in [0.5, 0.6) is 0 Å². The van der Waals surface area contributed by atoms with Gasteiger partial charge in [0, 0.05) is 18.8 Å². The molecule has 0 N–H and O–H groups in total. The van der Waals surface area contributed by atoms with Gasteiger partial charge in [-0.1, -0.05) is 28.5 Å². The van der Waals surface area contributed by atoms with Crippen LogP contribution in [0.15, 0.2) is 50.8 Å². The van der Waals surface area contributed by atoms with Gasteiger partial charge >= 0.3 is 0 Å². The lowest BCUT2D eigenvalue weighted by Crippen LogP contribution is -1.94. The lowest BCUT2D eigenvalue weighted by atomic mass is 10.3. The Morgan fingerprint density at radius 1 is 1.28 bits per heavy atom. The molecule has 8 nitrogen and oxygen atoms in total. The van der Waals surface area contributed by atoms with Gasteiger partial charge in [-0.25, -0.2) is 4.98 Å². The van der Waals surface area contributed by atoms with Gasteiger partial charge in [0.15, 0.2) is 22.6 Å². The van der Waals surface area contributed by atoms with Crippen LogP contribution in [0.3, 0.4) is 0 Å². The van der Waals surface area contributed by atoms with E-state index in [-0.39, 0.29) is 0 Å². The molecule has 0 radical (unpaired) electrons. The molecule has 0 aliphatic carbocycles. The third-order valence-corrected chi connectivity index (χ3v) is 4.57. The fraction of sp³-hybridized carbons (Fsp3) is 0.133. The van der Waals surface area contributed by atoms with E-state index in [1.165, 1.54) is 11.8 Å². The number of nitrogens with zero attached hydrogens (tertiary/aromatic N) is 6. The van der Waals surface area contributed by atoms with E-state index in [9.17, 15) is 0 Å². The Morgan fingerprint density at radius 3 is 3.00 bits per heavy atom. The Labute approximate surface area is 151 Å². The summed E-state index contributed by atoms with van der Waals surface area (Å²) in [6.07, 6.45) is 3.19. The molecular weight excluding hydrogens is 364 g/mol. The Hall–Kier alpha value is -2.65. The number of halogens is 1. The van der Waals surface area contributed by atoms with E-state index in [0.29, 0.717) is 34.2 Å². The molecule has 126 valence electrons. The minimum atomic E-state index is 0.371. The van der Waals surface area contributed by atoms with Crippen molar-refractivity contribution >= 4 is 23.4 Å². The van der Waals surface area contributed by atoms with Crippen LogP contribution in [0.2, 0.25) is 5.15 Å². The summed E-state index contributed by atoms with van der Waals surface area (Å²) in [4.78, 5) is 8.29. The number of hydrogen-bond acceptors (Lipinski definition) is 8. The van der Waals surface area contributed by atoms with Crippen LogP contribution in [0.25, 0.3) is 23.0 Å². The van der Waals surface area contributed by atoms with E-state index >= 15 is 0 Å². The summed E-state index contributed by atoms with van der Waals surface area (Å²) in [7, 11) is 1.88. The summed E-state index contributed by atoms with van der Waals surface area (Å²) >= 11 is 7.33. The lowest BCUT2D eigenvalue weighted by Gasteiger charge is -2.00. The molecule has 0 saturated heterocycles. The van der Waals surface area contributed by atoms with Crippen molar-refractivity contribution in [2.24, 2.45) is 7.05 Å². The summed E-state index contributed by atoms with van der Waals surface area (Å²) in [5.74, 6) is 2.77. The molecule has 4 heterocycles. The molecule has 0 aliphatic heterocycles. The van der Waals surface area contributed by atoms with Crippen molar-refractivity contribution in [3.63, 3.8) is 0 Å². The number of rotatable bonds is 5. The highest BCUT2D eigenvalue weighted by Crippen LogP contribution is 2.26. The first-order valence-electron chi connectivity index (χ1n) is 7.21. The molecule has 0 atom stereocenters. The standard InChI is InChI=1S/C15H11ClN6O2S/c1-22-13(10-3-2-6-23-10)19-20-15(22)25-8-12-18-14(24-21-12)9-4-5-17-11(16)7-9/h2-7H,8H2,1H3. The van der Waals surface area contributed by atoms with Gasteiger partial charge in [0.25, 0.3) is 5.89 Å². The topological polar surface area (TPSA) is 95.7 Å². The third kappa shape index (κ3) is 3.28. The first-order valence-corrected chi connectivity index (χ1v) is 8.57. The number of hydrogen-bond donors (Lipinski definition) is 0. The maximum atomic E-state index is 5.87. The summed E-state index contributed by atoms with van der Waals surface area (Å²) in [5.41, 5.74) is 0.725. The molecule has 25 heavy (non-hydrogen) atoms. The average Bonchev–Trinajstić information content (AvgIpc) is 3.34. The zero-order valence-corrected chi connectivity index (χ0v) is 14.5. The average molecular weight is 375 g/mol. The van der Waals surface area contributed by atoms with Crippen molar-refractivity contribution in [3.8, 4) is 23.0 Å². The molecule has 4 aromatic rings.